The highest BCUT2D eigenvalue weighted by Crippen LogP contribution is 2.48. The van der Waals surface area contributed by atoms with E-state index in [0.29, 0.717) is 66.3 Å². The van der Waals surface area contributed by atoms with Crippen LogP contribution in [0.2, 0.25) is 0 Å². The van der Waals surface area contributed by atoms with Gasteiger partial charge in [0.1, 0.15) is 45.5 Å². The molecule has 0 fully saturated rings. The first-order valence-corrected chi connectivity index (χ1v) is 17.6. The minimum absolute atomic E-state index is 0.0175. The van der Waals surface area contributed by atoms with Crippen LogP contribution >= 0.6 is 18.9 Å². The Bertz CT molecular complexity index is 1810. The number of aryl methyl sites for hydroxylation is 1. The number of rotatable bonds is 16. The van der Waals surface area contributed by atoms with Gasteiger partial charge in [0.25, 0.3) is 10.0 Å². The summed E-state index contributed by atoms with van der Waals surface area (Å²) in [5.41, 5.74) is 11.8. The van der Waals surface area contributed by atoms with Crippen molar-refractivity contribution in [1.82, 2.24) is 14.7 Å². The Morgan fingerprint density at radius 2 is 1.44 bits per heavy atom. The van der Waals surface area contributed by atoms with Gasteiger partial charge in [-0.05, 0) is 68.8 Å². The zero-order valence-electron chi connectivity index (χ0n) is 24.1. The van der Waals surface area contributed by atoms with Crippen molar-refractivity contribution in [2.75, 3.05) is 32.6 Å². The standard InChI is InChI=1S/C28H30N7O7PS2/c1-19-24-12-25(39-10-2-8-29)26(40-11-3-9-30)13-27(24)44-28(19)45(37,38)35-18-43(36,41-22-6-4-20(14-31)33-16-22)42-23-7-5-21(15-32)34-17-23/h4-7,12-13,16-17,35H,2-3,8-11,18,29-30H2,1H3. The van der Waals surface area contributed by atoms with E-state index in [-0.39, 0.29) is 27.1 Å². The zero-order chi connectivity index (χ0) is 32.5. The largest absolute Gasteiger partial charge is 0.490 e. The van der Waals surface area contributed by atoms with Gasteiger partial charge in [0.05, 0.1) is 25.6 Å². The first kappa shape index (κ1) is 33.6. The molecular weight excluding hydrogens is 641 g/mol. The van der Waals surface area contributed by atoms with Crippen LogP contribution in [-0.2, 0) is 14.6 Å². The number of fused-ring (bicyclic) bond motifs is 1. The number of sulfonamides is 1. The number of hydrogen-bond acceptors (Lipinski definition) is 14. The smallest absolute Gasteiger partial charge is 0.445 e. The van der Waals surface area contributed by atoms with Crippen molar-refractivity contribution in [3.05, 3.63) is 65.7 Å². The molecule has 0 aliphatic carbocycles. The molecule has 3 heterocycles. The number of benzene rings is 1. The van der Waals surface area contributed by atoms with Crippen LogP contribution < -0.4 is 34.7 Å². The SMILES string of the molecule is Cc1c(S(=O)(=O)NCP(=O)(Oc2ccc(C#N)nc2)Oc2ccc(C#N)nc2)sc2cc(OCCCN)c(OCCCN)cc12. The minimum atomic E-state index is -4.32. The van der Waals surface area contributed by atoms with Crippen LogP contribution in [-0.4, -0.2) is 51.0 Å². The van der Waals surface area contributed by atoms with Gasteiger partial charge in [0, 0.05) is 16.2 Å². The van der Waals surface area contributed by atoms with Crippen molar-refractivity contribution in [3.8, 4) is 35.1 Å². The van der Waals surface area contributed by atoms with E-state index in [2.05, 4.69) is 14.7 Å². The van der Waals surface area contributed by atoms with E-state index in [0.717, 1.165) is 23.7 Å². The fourth-order valence-corrected chi connectivity index (χ4v) is 8.67. The monoisotopic (exact) mass is 671 g/mol. The molecule has 0 radical (unpaired) electrons. The lowest BCUT2D eigenvalue weighted by Gasteiger charge is -2.20. The lowest BCUT2D eigenvalue weighted by atomic mass is 10.2. The number of ether oxygens (including phenoxy) is 2. The maximum absolute atomic E-state index is 13.9. The number of aromatic nitrogens is 2. The van der Waals surface area contributed by atoms with Gasteiger partial charge in [-0.25, -0.2) is 23.0 Å². The highest BCUT2D eigenvalue weighted by Gasteiger charge is 2.33. The minimum Gasteiger partial charge on any atom is -0.490 e. The maximum atomic E-state index is 13.9. The van der Waals surface area contributed by atoms with E-state index in [1.165, 1.54) is 24.3 Å². The Morgan fingerprint density at radius 3 is 1.91 bits per heavy atom. The van der Waals surface area contributed by atoms with Crippen LogP contribution in [0.3, 0.4) is 0 Å². The van der Waals surface area contributed by atoms with Crippen molar-refractivity contribution in [2.45, 2.75) is 24.0 Å². The summed E-state index contributed by atoms with van der Waals surface area (Å²) in [6.45, 7) is 3.24. The van der Waals surface area contributed by atoms with Crippen LogP contribution in [0.15, 0.2) is 53.0 Å². The molecule has 5 N–H and O–H groups in total. The van der Waals surface area contributed by atoms with Gasteiger partial charge in [-0.1, -0.05) is 0 Å². The molecule has 45 heavy (non-hydrogen) atoms. The Balaban J connectivity index is 1.63. The summed E-state index contributed by atoms with van der Waals surface area (Å²) < 4.78 is 67.1. The lowest BCUT2D eigenvalue weighted by molar-refractivity contribution is 0.266. The lowest BCUT2D eigenvalue weighted by Crippen LogP contribution is -2.27. The van der Waals surface area contributed by atoms with Gasteiger partial charge < -0.3 is 30.0 Å². The number of nitrogens with two attached hydrogens (primary N) is 2. The number of nitrogens with one attached hydrogen (secondary N) is 1. The molecule has 17 heteroatoms. The number of nitrogens with zero attached hydrogens (tertiary/aromatic N) is 4. The summed E-state index contributed by atoms with van der Waals surface area (Å²) >= 11 is 1.00. The molecule has 0 saturated heterocycles. The topological polar surface area (TPSA) is 226 Å². The molecule has 14 nitrogen and oxygen atoms in total. The molecule has 0 aliphatic rings. The van der Waals surface area contributed by atoms with Gasteiger partial charge in [0.2, 0.25) is 0 Å². The summed E-state index contributed by atoms with van der Waals surface area (Å²) in [5, 5.41) is 18.7. The second kappa shape index (κ2) is 15.1. The van der Waals surface area contributed by atoms with Gasteiger partial charge >= 0.3 is 7.60 Å². The third kappa shape index (κ3) is 8.67. The molecule has 3 aromatic heterocycles. The van der Waals surface area contributed by atoms with Crippen molar-refractivity contribution in [1.29, 1.82) is 10.5 Å². The summed E-state index contributed by atoms with van der Waals surface area (Å²) in [4.78, 5) is 7.77. The number of hydrogen-bond donors (Lipinski definition) is 3. The van der Waals surface area contributed by atoms with E-state index < -0.39 is 23.9 Å². The molecule has 4 aromatic rings. The van der Waals surface area contributed by atoms with Crippen LogP contribution in [0.4, 0.5) is 0 Å². The second-order valence-electron chi connectivity index (χ2n) is 9.37. The summed E-state index contributed by atoms with van der Waals surface area (Å²) in [6, 6.07) is 12.5. The average molecular weight is 672 g/mol. The Kier molecular flexibility index (Phi) is 11.3. The number of pyridine rings is 2. The summed E-state index contributed by atoms with van der Waals surface area (Å²) in [5.74, 6) is 0.842. The molecule has 0 amide bonds. The van der Waals surface area contributed by atoms with E-state index in [9.17, 15) is 13.0 Å². The zero-order valence-corrected chi connectivity index (χ0v) is 26.7. The van der Waals surface area contributed by atoms with E-state index in [1.807, 2.05) is 12.1 Å². The third-order valence-electron chi connectivity index (χ3n) is 6.05. The van der Waals surface area contributed by atoms with Gasteiger partial charge in [-0.15, -0.1) is 11.3 Å². The molecule has 0 bridgehead atoms. The summed E-state index contributed by atoms with van der Waals surface area (Å²) in [6.07, 6.45) is 2.79. The molecular formula is C28H30N7O7PS2. The highest BCUT2D eigenvalue weighted by atomic mass is 32.2. The molecule has 0 spiro atoms. The quantitative estimate of drug-likeness (QED) is 0.114. The molecule has 0 atom stereocenters. The molecule has 4 rings (SSSR count). The first-order valence-electron chi connectivity index (χ1n) is 13.5. The Morgan fingerprint density at radius 1 is 0.911 bits per heavy atom. The third-order valence-corrected chi connectivity index (χ3v) is 11.1. The molecule has 1 aromatic carbocycles. The van der Waals surface area contributed by atoms with E-state index in [4.69, 9.17) is 40.5 Å². The predicted octanol–water partition coefficient (Wildman–Crippen LogP) is 3.79. The van der Waals surface area contributed by atoms with Gasteiger partial charge in [-0.3, -0.25) is 0 Å². The van der Waals surface area contributed by atoms with Crippen molar-refractivity contribution in [2.24, 2.45) is 11.5 Å². The number of nitriles is 2. The molecule has 0 aliphatic heterocycles. The first-order chi connectivity index (χ1) is 21.6. The van der Waals surface area contributed by atoms with Crippen LogP contribution in [0, 0.1) is 29.6 Å². The van der Waals surface area contributed by atoms with Crippen molar-refractivity contribution < 1.29 is 31.5 Å². The van der Waals surface area contributed by atoms with Crippen molar-refractivity contribution >= 4 is 39.0 Å². The maximum Gasteiger partial charge on any atom is 0.445 e. The summed E-state index contributed by atoms with van der Waals surface area (Å²) in [7, 11) is -8.57. The predicted molar refractivity (Wildman–Crippen MR) is 167 cm³/mol. The van der Waals surface area contributed by atoms with E-state index >= 15 is 0 Å². The van der Waals surface area contributed by atoms with Gasteiger partial charge in [0.15, 0.2) is 11.5 Å². The van der Waals surface area contributed by atoms with E-state index in [1.54, 1.807) is 19.1 Å². The van der Waals surface area contributed by atoms with Crippen molar-refractivity contribution in [3.63, 3.8) is 0 Å². The Labute approximate surface area is 264 Å². The fourth-order valence-electron chi connectivity index (χ4n) is 3.85. The number of thiophene rings is 1. The molecule has 236 valence electrons. The van der Waals surface area contributed by atoms with Gasteiger partial charge in [-0.2, -0.15) is 15.2 Å². The van der Waals surface area contributed by atoms with Crippen LogP contribution in [0.5, 0.6) is 23.0 Å². The highest BCUT2D eigenvalue weighted by molar-refractivity contribution is 7.92. The Hall–Kier alpha value is -4.28. The van der Waals surface area contributed by atoms with Crippen LogP contribution in [0.25, 0.3) is 10.1 Å². The fraction of sp³-hybridized carbons (Fsp3) is 0.286. The average Bonchev–Trinajstić information content (AvgIpc) is 3.37. The molecule has 0 saturated carbocycles. The van der Waals surface area contributed by atoms with Crippen LogP contribution in [0.1, 0.15) is 29.8 Å². The second-order valence-corrected chi connectivity index (χ2v) is 14.3. The molecule has 0 unspecified atom stereocenters. The normalized spacial score (nSPS) is 11.5.